The van der Waals surface area contributed by atoms with Crippen molar-refractivity contribution in [3.05, 3.63) is 28.9 Å². The molecule has 3 rings (SSSR count). The number of nitrogens with zero attached hydrogens (tertiary/aromatic N) is 2. The molecular weight excluding hydrogens is 290 g/mol. The Hall–Kier alpha value is -2.01. The Balaban J connectivity index is 2.12. The third kappa shape index (κ3) is 2.61. The molecule has 0 unspecified atom stereocenters. The summed E-state index contributed by atoms with van der Waals surface area (Å²) in [6.07, 6.45) is 0. The van der Waals surface area contributed by atoms with Gasteiger partial charge in [-0.15, -0.1) is 0 Å². The summed E-state index contributed by atoms with van der Waals surface area (Å²) in [7, 11) is 1.84. The van der Waals surface area contributed by atoms with Crippen LogP contribution in [0.3, 0.4) is 0 Å². The van der Waals surface area contributed by atoms with Gasteiger partial charge in [-0.05, 0) is 18.1 Å². The smallest absolute Gasteiger partial charge is 0.231 e. The number of hydrogen-bond donors (Lipinski definition) is 1. The van der Waals surface area contributed by atoms with Crippen molar-refractivity contribution < 1.29 is 9.47 Å². The van der Waals surface area contributed by atoms with Crippen molar-refractivity contribution in [1.29, 1.82) is 0 Å². The topological polar surface area (TPSA) is 56.3 Å². The third-order valence-corrected chi connectivity index (χ3v) is 3.56. The molecule has 0 fully saturated rings. The van der Waals surface area contributed by atoms with Crippen LogP contribution < -0.4 is 14.8 Å². The molecule has 2 aromatic rings. The first kappa shape index (κ1) is 13.9. The number of benzene rings is 1. The minimum Gasteiger partial charge on any atom is -0.454 e. The van der Waals surface area contributed by atoms with Crippen molar-refractivity contribution in [3.63, 3.8) is 0 Å². The van der Waals surface area contributed by atoms with Crippen molar-refractivity contribution >= 4 is 17.4 Å². The molecule has 1 aliphatic heterocycles. The fraction of sp³-hybridized carbons (Fsp3) is 0.333. The van der Waals surface area contributed by atoms with Gasteiger partial charge in [-0.3, -0.25) is 0 Å². The predicted molar refractivity (Wildman–Crippen MR) is 82.2 cm³/mol. The zero-order valence-corrected chi connectivity index (χ0v) is 12.9. The highest BCUT2D eigenvalue weighted by atomic mass is 35.5. The largest absolute Gasteiger partial charge is 0.454 e. The third-order valence-electron chi connectivity index (χ3n) is 3.28. The minimum absolute atomic E-state index is 0.188. The van der Waals surface area contributed by atoms with Gasteiger partial charge in [0.05, 0.1) is 5.02 Å². The van der Waals surface area contributed by atoms with Gasteiger partial charge in [0, 0.05) is 24.4 Å². The summed E-state index contributed by atoms with van der Waals surface area (Å²) in [6.45, 7) is 4.38. The van der Waals surface area contributed by atoms with Crippen LogP contribution in [-0.2, 0) is 0 Å². The summed E-state index contributed by atoms with van der Waals surface area (Å²) < 4.78 is 10.7. The molecule has 0 aliphatic carbocycles. The molecule has 0 radical (unpaired) electrons. The fourth-order valence-corrected chi connectivity index (χ4v) is 2.38. The van der Waals surface area contributed by atoms with Crippen molar-refractivity contribution in [2.75, 3.05) is 19.2 Å². The van der Waals surface area contributed by atoms with E-state index < -0.39 is 0 Å². The van der Waals surface area contributed by atoms with E-state index in [1.807, 2.05) is 19.2 Å². The Morgan fingerprint density at radius 1 is 1.19 bits per heavy atom. The second-order valence-electron chi connectivity index (χ2n) is 5.10. The standard InChI is InChI=1S/C15H16ClN3O2/c1-8(2)11-6-13(17-3)19-15(18-11)9-4-10(16)14-12(5-9)20-7-21-14/h4-6,8H,7H2,1-3H3,(H,17,18,19). The van der Waals surface area contributed by atoms with E-state index in [2.05, 4.69) is 29.1 Å². The zero-order valence-electron chi connectivity index (χ0n) is 12.1. The Morgan fingerprint density at radius 2 is 2.00 bits per heavy atom. The van der Waals surface area contributed by atoms with Crippen LogP contribution >= 0.6 is 11.6 Å². The molecule has 0 saturated carbocycles. The van der Waals surface area contributed by atoms with E-state index in [9.17, 15) is 0 Å². The van der Waals surface area contributed by atoms with Crippen molar-refractivity contribution in [2.45, 2.75) is 19.8 Å². The number of anilines is 1. The van der Waals surface area contributed by atoms with Crippen LogP contribution in [0.5, 0.6) is 11.5 Å². The predicted octanol–water partition coefficient (Wildman–Crippen LogP) is 3.69. The molecule has 0 atom stereocenters. The highest BCUT2D eigenvalue weighted by molar-refractivity contribution is 6.32. The van der Waals surface area contributed by atoms with E-state index in [-0.39, 0.29) is 6.79 Å². The monoisotopic (exact) mass is 305 g/mol. The van der Waals surface area contributed by atoms with E-state index in [1.165, 1.54) is 0 Å². The lowest BCUT2D eigenvalue weighted by Gasteiger charge is -2.11. The fourth-order valence-electron chi connectivity index (χ4n) is 2.12. The molecule has 1 N–H and O–H groups in total. The number of nitrogens with one attached hydrogen (secondary N) is 1. The van der Waals surface area contributed by atoms with Crippen molar-refractivity contribution in [1.82, 2.24) is 9.97 Å². The molecule has 0 saturated heterocycles. The molecule has 2 heterocycles. The van der Waals surface area contributed by atoms with E-state index in [0.717, 1.165) is 17.1 Å². The summed E-state index contributed by atoms with van der Waals surface area (Å²) in [5.41, 5.74) is 1.78. The molecule has 21 heavy (non-hydrogen) atoms. The van der Waals surface area contributed by atoms with Gasteiger partial charge in [0.1, 0.15) is 5.82 Å². The second kappa shape index (κ2) is 5.41. The summed E-state index contributed by atoms with van der Waals surface area (Å²) >= 11 is 6.22. The van der Waals surface area contributed by atoms with Crippen molar-refractivity contribution in [3.8, 4) is 22.9 Å². The number of rotatable bonds is 3. The lowest BCUT2D eigenvalue weighted by Crippen LogP contribution is -2.02. The summed E-state index contributed by atoms with van der Waals surface area (Å²) in [5.74, 6) is 2.91. The molecule has 0 bridgehead atoms. The zero-order chi connectivity index (χ0) is 15.0. The van der Waals surface area contributed by atoms with E-state index in [1.54, 1.807) is 6.07 Å². The van der Waals surface area contributed by atoms with Crippen LogP contribution in [0, 0.1) is 0 Å². The molecule has 0 spiro atoms. The average molecular weight is 306 g/mol. The number of aromatic nitrogens is 2. The number of hydrogen-bond acceptors (Lipinski definition) is 5. The number of ether oxygens (including phenoxy) is 2. The first-order chi connectivity index (χ1) is 10.1. The normalized spacial score (nSPS) is 12.8. The van der Waals surface area contributed by atoms with Crippen LogP contribution in [0.15, 0.2) is 18.2 Å². The summed E-state index contributed by atoms with van der Waals surface area (Å²) in [5, 5.41) is 3.56. The van der Waals surface area contributed by atoms with Crippen LogP contribution in [0.25, 0.3) is 11.4 Å². The lowest BCUT2D eigenvalue weighted by atomic mass is 10.1. The molecular formula is C15H16ClN3O2. The average Bonchev–Trinajstić information content (AvgIpc) is 2.95. The first-order valence-electron chi connectivity index (χ1n) is 6.74. The van der Waals surface area contributed by atoms with Gasteiger partial charge in [-0.25, -0.2) is 9.97 Å². The molecule has 110 valence electrons. The van der Waals surface area contributed by atoms with Gasteiger partial charge in [0.25, 0.3) is 0 Å². The maximum absolute atomic E-state index is 6.22. The van der Waals surface area contributed by atoms with Crippen LogP contribution in [-0.4, -0.2) is 23.8 Å². The lowest BCUT2D eigenvalue weighted by molar-refractivity contribution is 0.174. The van der Waals surface area contributed by atoms with E-state index >= 15 is 0 Å². The molecule has 1 aromatic carbocycles. The van der Waals surface area contributed by atoms with E-state index in [4.69, 9.17) is 21.1 Å². The number of halogens is 1. The Bertz CT molecular complexity index is 689. The molecule has 6 heteroatoms. The van der Waals surface area contributed by atoms with Gasteiger partial charge in [0.2, 0.25) is 6.79 Å². The van der Waals surface area contributed by atoms with Gasteiger partial charge in [-0.1, -0.05) is 25.4 Å². The maximum Gasteiger partial charge on any atom is 0.231 e. The van der Waals surface area contributed by atoms with Gasteiger partial charge >= 0.3 is 0 Å². The second-order valence-corrected chi connectivity index (χ2v) is 5.51. The maximum atomic E-state index is 6.22. The highest BCUT2D eigenvalue weighted by Crippen LogP contribution is 2.42. The van der Waals surface area contributed by atoms with Crippen LogP contribution in [0.1, 0.15) is 25.5 Å². The Kier molecular flexibility index (Phi) is 3.59. The molecule has 5 nitrogen and oxygen atoms in total. The van der Waals surface area contributed by atoms with Gasteiger partial charge in [0.15, 0.2) is 17.3 Å². The van der Waals surface area contributed by atoms with Gasteiger partial charge in [-0.2, -0.15) is 0 Å². The van der Waals surface area contributed by atoms with E-state index in [0.29, 0.717) is 28.3 Å². The summed E-state index contributed by atoms with van der Waals surface area (Å²) in [4.78, 5) is 9.11. The van der Waals surface area contributed by atoms with Crippen LogP contribution in [0.2, 0.25) is 5.02 Å². The SMILES string of the molecule is CNc1cc(C(C)C)nc(-c2cc(Cl)c3c(c2)OCO3)n1. The van der Waals surface area contributed by atoms with Crippen LogP contribution in [0.4, 0.5) is 5.82 Å². The van der Waals surface area contributed by atoms with Crippen molar-refractivity contribution in [2.24, 2.45) is 0 Å². The molecule has 0 amide bonds. The quantitative estimate of drug-likeness (QED) is 0.937. The molecule has 1 aromatic heterocycles. The van der Waals surface area contributed by atoms with Gasteiger partial charge < -0.3 is 14.8 Å². The molecule has 1 aliphatic rings. The first-order valence-corrected chi connectivity index (χ1v) is 7.12. The highest BCUT2D eigenvalue weighted by Gasteiger charge is 2.20. The minimum atomic E-state index is 0.188. The number of fused-ring (bicyclic) bond motifs is 1. The Morgan fingerprint density at radius 3 is 2.71 bits per heavy atom. The summed E-state index contributed by atoms with van der Waals surface area (Å²) in [6, 6.07) is 5.60. The Labute approximate surface area is 128 Å².